The van der Waals surface area contributed by atoms with Gasteiger partial charge in [0.25, 0.3) is 0 Å². The molecular formula is C12H18N2O5S. The number of rotatable bonds is 4. The Morgan fingerprint density at radius 3 is 2.60 bits per heavy atom. The number of fused-ring (bicyclic) bond motifs is 1. The molecule has 1 amide bonds. The van der Waals surface area contributed by atoms with E-state index in [1.165, 1.54) is 16.7 Å². The SMILES string of the molecule is CCOC(=O)CC1(N)C(=O)N2[C@@H](C(=O)O)C(C)(C)S[C@@H]21. The maximum Gasteiger partial charge on any atom is 0.327 e. The summed E-state index contributed by atoms with van der Waals surface area (Å²) in [5.41, 5.74) is 4.68. The van der Waals surface area contributed by atoms with Crippen molar-refractivity contribution in [3.05, 3.63) is 0 Å². The Labute approximate surface area is 120 Å². The first-order chi connectivity index (χ1) is 9.15. The first-order valence-electron chi connectivity index (χ1n) is 6.33. The number of hydrogen-bond donors (Lipinski definition) is 2. The highest BCUT2D eigenvalue weighted by Crippen LogP contribution is 2.54. The standard InChI is InChI=1S/C12H18N2O5S/c1-4-19-6(15)5-12(13)9(18)14-7(8(16)17)11(2,3)20-10(12)14/h7,10H,4-5,13H2,1-3H3,(H,16,17)/t7-,10+,12?/m0/s1. The molecule has 0 radical (unpaired) electrons. The number of hydrogen-bond acceptors (Lipinski definition) is 6. The van der Waals surface area contributed by atoms with E-state index in [1.54, 1.807) is 20.8 Å². The number of carboxylic acids is 1. The van der Waals surface area contributed by atoms with Crippen molar-refractivity contribution in [3.8, 4) is 0 Å². The van der Waals surface area contributed by atoms with Crippen LogP contribution in [-0.2, 0) is 19.1 Å². The average molecular weight is 302 g/mol. The van der Waals surface area contributed by atoms with Crippen molar-refractivity contribution in [2.24, 2.45) is 5.73 Å². The summed E-state index contributed by atoms with van der Waals surface area (Å²) in [5, 5.41) is 8.78. The van der Waals surface area contributed by atoms with E-state index < -0.39 is 39.5 Å². The van der Waals surface area contributed by atoms with Gasteiger partial charge in [-0.2, -0.15) is 0 Å². The molecule has 2 fully saturated rings. The second-order valence-electron chi connectivity index (χ2n) is 5.55. The molecule has 0 aromatic rings. The molecule has 0 bridgehead atoms. The van der Waals surface area contributed by atoms with E-state index in [4.69, 9.17) is 10.5 Å². The Hall–Kier alpha value is -1.28. The molecule has 2 saturated heterocycles. The molecule has 2 heterocycles. The van der Waals surface area contributed by atoms with E-state index in [-0.39, 0.29) is 13.0 Å². The van der Waals surface area contributed by atoms with Crippen LogP contribution in [0.2, 0.25) is 0 Å². The summed E-state index contributed by atoms with van der Waals surface area (Å²) in [6.45, 7) is 5.40. The highest BCUT2D eigenvalue weighted by atomic mass is 32.2. The van der Waals surface area contributed by atoms with Gasteiger partial charge >= 0.3 is 11.9 Å². The summed E-state index contributed by atoms with van der Waals surface area (Å²) >= 11 is 1.32. The van der Waals surface area contributed by atoms with Gasteiger partial charge in [-0.1, -0.05) is 0 Å². The normalized spacial score (nSPS) is 34.4. The fourth-order valence-corrected chi connectivity index (χ4v) is 4.41. The molecule has 0 saturated carbocycles. The van der Waals surface area contributed by atoms with Crippen molar-refractivity contribution in [2.75, 3.05) is 6.61 Å². The summed E-state index contributed by atoms with van der Waals surface area (Å²) < 4.78 is 4.17. The molecule has 0 aromatic carbocycles. The summed E-state index contributed by atoms with van der Waals surface area (Å²) in [6.07, 6.45) is -0.226. The Bertz CT molecular complexity index is 480. The van der Waals surface area contributed by atoms with Crippen LogP contribution < -0.4 is 5.73 Å². The monoisotopic (exact) mass is 302 g/mol. The van der Waals surface area contributed by atoms with Gasteiger partial charge in [0.1, 0.15) is 17.0 Å². The van der Waals surface area contributed by atoms with Crippen molar-refractivity contribution in [1.82, 2.24) is 4.90 Å². The van der Waals surface area contributed by atoms with Crippen LogP contribution in [-0.4, -0.2) is 56.2 Å². The number of β-lactam (4-membered cyclic amide) rings is 1. The van der Waals surface area contributed by atoms with E-state index in [1.807, 2.05) is 0 Å². The number of aliphatic carboxylic acids is 1. The van der Waals surface area contributed by atoms with Gasteiger partial charge in [-0.3, -0.25) is 9.59 Å². The van der Waals surface area contributed by atoms with E-state index >= 15 is 0 Å². The van der Waals surface area contributed by atoms with Gasteiger partial charge in [0.15, 0.2) is 0 Å². The molecule has 3 N–H and O–H groups in total. The third-order valence-electron chi connectivity index (χ3n) is 3.65. The van der Waals surface area contributed by atoms with Crippen LogP contribution in [0.4, 0.5) is 0 Å². The fraction of sp³-hybridized carbons (Fsp3) is 0.750. The van der Waals surface area contributed by atoms with E-state index in [2.05, 4.69) is 0 Å². The Balaban J connectivity index is 2.21. The van der Waals surface area contributed by atoms with Crippen molar-refractivity contribution in [1.29, 1.82) is 0 Å². The number of carbonyl (C=O) groups is 3. The highest BCUT2D eigenvalue weighted by Gasteiger charge is 2.70. The third kappa shape index (κ3) is 1.98. The number of carbonyl (C=O) groups excluding carboxylic acids is 2. The smallest absolute Gasteiger partial charge is 0.327 e. The predicted molar refractivity (Wildman–Crippen MR) is 71.9 cm³/mol. The van der Waals surface area contributed by atoms with Gasteiger partial charge < -0.3 is 20.5 Å². The predicted octanol–water partition coefficient (Wildman–Crippen LogP) is -0.216. The van der Waals surface area contributed by atoms with Gasteiger partial charge in [0.2, 0.25) is 5.91 Å². The molecule has 2 aliphatic rings. The number of ether oxygens (including phenoxy) is 1. The molecule has 8 heteroatoms. The number of esters is 1. The first-order valence-corrected chi connectivity index (χ1v) is 7.21. The molecule has 2 rings (SSSR count). The molecule has 0 aromatic heterocycles. The van der Waals surface area contributed by atoms with Gasteiger partial charge in [-0.25, -0.2) is 4.79 Å². The molecule has 0 spiro atoms. The number of carboxylic acid groups (broad SMARTS) is 1. The maximum atomic E-state index is 12.2. The maximum absolute atomic E-state index is 12.2. The van der Waals surface area contributed by atoms with Gasteiger partial charge in [-0.15, -0.1) is 11.8 Å². The van der Waals surface area contributed by atoms with Crippen molar-refractivity contribution in [2.45, 2.75) is 48.9 Å². The number of thioether (sulfide) groups is 1. The Morgan fingerprint density at radius 1 is 1.50 bits per heavy atom. The molecule has 112 valence electrons. The van der Waals surface area contributed by atoms with Gasteiger partial charge in [0.05, 0.1) is 13.0 Å². The lowest BCUT2D eigenvalue weighted by atomic mass is 9.83. The topological polar surface area (TPSA) is 110 Å². The minimum atomic E-state index is -1.36. The fourth-order valence-electron chi connectivity index (χ4n) is 2.77. The summed E-state index contributed by atoms with van der Waals surface area (Å²) in [7, 11) is 0. The molecule has 2 aliphatic heterocycles. The molecule has 1 unspecified atom stereocenters. The van der Waals surface area contributed by atoms with Crippen molar-refractivity contribution >= 4 is 29.6 Å². The molecule has 3 atom stereocenters. The Morgan fingerprint density at radius 2 is 2.10 bits per heavy atom. The lowest BCUT2D eigenvalue weighted by Gasteiger charge is -2.50. The summed E-state index contributed by atoms with van der Waals surface area (Å²) in [4.78, 5) is 36.4. The summed E-state index contributed by atoms with van der Waals surface area (Å²) in [6, 6.07) is -0.927. The zero-order chi connectivity index (χ0) is 15.3. The zero-order valence-electron chi connectivity index (χ0n) is 11.6. The van der Waals surface area contributed by atoms with Crippen LogP contribution in [0.15, 0.2) is 0 Å². The van der Waals surface area contributed by atoms with Crippen LogP contribution in [0, 0.1) is 0 Å². The lowest BCUT2D eigenvalue weighted by Crippen LogP contribution is -2.78. The molecule has 0 aliphatic carbocycles. The van der Waals surface area contributed by atoms with E-state index in [0.717, 1.165) is 0 Å². The number of nitrogens with two attached hydrogens (primary N) is 1. The van der Waals surface area contributed by atoms with Crippen LogP contribution in [0.25, 0.3) is 0 Å². The molecule has 7 nitrogen and oxygen atoms in total. The van der Waals surface area contributed by atoms with Gasteiger partial charge in [0, 0.05) is 4.75 Å². The Kier molecular flexibility index (Phi) is 3.50. The summed E-state index contributed by atoms with van der Waals surface area (Å²) in [5.74, 6) is -2.10. The van der Waals surface area contributed by atoms with E-state index in [9.17, 15) is 19.5 Å². The first kappa shape index (κ1) is 15.1. The van der Waals surface area contributed by atoms with Crippen LogP contribution >= 0.6 is 11.8 Å². The lowest BCUT2D eigenvalue weighted by molar-refractivity contribution is -0.169. The molecular weight excluding hydrogens is 284 g/mol. The zero-order valence-corrected chi connectivity index (χ0v) is 12.4. The van der Waals surface area contributed by atoms with Crippen molar-refractivity contribution in [3.63, 3.8) is 0 Å². The second-order valence-corrected chi connectivity index (χ2v) is 7.28. The van der Waals surface area contributed by atoms with Crippen molar-refractivity contribution < 1.29 is 24.2 Å². The minimum absolute atomic E-state index is 0.216. The largest absolute Gasteiger partial charge is 0.480 e. The second kappa shape index (κ2) is 4.63. The third-order valence-corrected chi connectivity index (χ3v) is 5.36. The quantitative estimate of drug-likeness (QED) is 0.546. The number of nitrogens with zero attached hydrogens (tertiary/aromatic N) is 1. The van der Waals surface area contributed by atoms with E-state index in [0.29, 0.717) is 0 Å². The number of amides is 1. The average Bonchev–Trinajstić information content (AvgIpc) is 2.59. The van der Waals surface area contributed by atoms with Crippen LogP contribution in [0.1, 0.15) is 27.2 Å². The molecule has 20 heavy (non-hydrogen) atoms. The van der Waals surface area contributed by atoms with Gasteiger partial charge in [-0.05, 0) is 20.8 Å². The minimum Gasteiger partial charge on any atom is -0.480 e. The highest BCUT2D eigenvalue weighted by molar-refractivity contribution is 8.01. The van der Waals surface area contributed by atoms with Crippen LogP contribution in [0.3, 0.4) is 0 Å². The van der Waals surface area contributed by atoms with Crippen LogP contribution in [0.5, 0.6) is 0 Å².